The molecule has 1 aliphatic carbocycles. The number of rotatable bonds is 3. The van der Waals surface area contributed by atoms with Gasteiger partial charge in [0, 0.05) is 0 Å². The van der Waals surface area contributed by atoms with Crippen molar-refractivity contribution in [3.8, 4) is 0 Å². The summed E-state index contributed by atoms with van der Waals surface area (Å²) in [5.74, 6) is 0. The molecule has 0 radical (unpaired) electrons. The Bertz CT molecular complexity index is 242. The third kappa shape index (κ3) is 3.87. The SMILES string of the molecule is CC(C)(C)ON(C=O)C(=O)OC1CCC1. The number of nitrogens with zero attached hydrogens (tertiary/aromatic N) is 1. The Morgan fingerprint density at radius 3 is 2.33 bits per heavy atom. The second-order valence-corrected chi connectivity index (χ2v) is 4.57. The van der Waals surface area contributed by atoms with Crippen LogP contribution in [0.5, 0.6) is 0 Å². The molecule has 0 N–H and O–H groups in total. The van der Waals surface area contributed by atoms with E-state index in [4.69, 9.17) is 9.57 Å². The summed E-state index contributed by atoms with van der Waals surface area (Å²) in [4.78, 5) is 27.1. The fourth-order valence-electron chi connectivity index (χ4n) is 1.08. The molecule has 2 amide bonds. The van der Waals surface area contributed by atoms with Gasteiger partial charge in [-0.05, 0) is 40.0 Å². The van der Waals surface area contributed by atoms with Gasteiger partial charge in [0.15, 0.2) is 0 Å². The van der Waals surface area contributed by atoms with E-state index in [9.17, 15) is 9.59 Å². The molecule has 0 spiro atoms. The van der Waals surface area contributed by atoms with E-state index in [0.717, 1.165) is 19.3 Å². The number of hydrogen-bond donors (Lipinski definition) is 0. The Morgan fingerprint density at radius 2 is 2.00 bits per heavy atom. The van der Waals surface area contributed by atoms with Gasteiger partial charge in [0.25, 0.3) is 0 Å². The van der Waals surface area contributed by atoms with Gasteiger partial charge in [-0.15, -0.1) is 5.06 Å². The Labute approximate surface area is 89.3 Å². The number of hydrogen-bond acceptors (Lipinski definition) is 4. The molecular formula is C10H17NO4. The lowest BCUT2D eigenvalue weighted by molar-refractivity contribution is -0.202. The van der Waals surface area contributed by atoms with E-state index >= 15 is 0 Å². The molecule has 0 saturated heterocycles. The van der Waals surface area contributed by atoms with E-state index < -0.39 is 11.7 Å². The van der Waals surface area contributed by atoms with Crippen LogP contribution in [-0.4, -0.2) is 29.3 Å². The summed E-state index contributed by atoms with van der Waals surface area (Å²) in [5.41, 5.74) is -0.598. The average Bonchev–Trinajstić information content (AvgIpc) is 2.05. The molecule has 86 valence electrons. The fourth-order valence-corrected chi connectivity index (χ4v) is 1.08. The van der Waals surface area contributed by atoms with E-state index in [1.54, 1.807) is 20.8 Å². The monoisotopic (exact) mass is 215 g/mol. The van der Waals surface area contributed by atoms with Gasteiger partial charge in [0.2, 0.25) is 6.41 Å². The first-order chi connectivity index (χ1) is 6.92. The molecule has 1 fully saturated rings. The number of imide groups is 1. The third-order valence-electron chi connectivity index (χ3n) is 1.97. The molecular weight excluding hydrogens is 198 g/mol. The summed E-state index contributed by atoms with van der Waals surface area (Å²) in [5, 5.41) is 0.609. The van der Waals surface area contributed by atoms with Gasteiger partial charge in [0.1, 0.15) is 6.10 Å². The van der Waals surface area contributed by atoms with Crippen molar-refractivity contribution < 1.29 is 19.2 Å². The van der Waals surface area contributed by atoms with Gasteiger partial charge in [-0.2, -0.15) is 0 Å². The lowest BCUT2D eigenvalue weighted by atomic mass is 9.96. The van der Waals surface area contributed by atoms with Crippen LogP contribution in [0.25, 0.3) is 0 Å². The summed E-state index contributed by atoms with van der Waals surface area (Å²) in [6.07, 6.45) is 2.35. The van der Waals surface area contributed by atoms with Crippen LogP contribution in [0.1, 0.15) is 40.0 Å². The van der Waals surface area contributed by atoms with E-state index in [0.29, 0.717) is 11.5 Å². The first-order valence-corrected chi connectivity index (χ1v) is 5.06. The van der Waals surface area contributed by atoms with Crippen LogP contribution in [0.2, 0.25) is 0 Å². The quantitative estimate of drug-likeness (QED) is 0.532. The lowest BCUT2D eigenvalue weighted by Crippen LogP contribution is -2.40. The van der Waals surface area contributed by atoms with Crippen molar-refractivity contribution in [1.29, 1.82) is 0 Å². The topological polar surface area (TPSA) is 55.8 Å². The molecule has 0 atom stereocenters. The molecule has 1 saturated carbocycles. The molecule has 0 heterocycles. The standard InChI is InChI=1S/C10H17NO4/c1-10(2,3)15-11(7-12)9(13)14-8-5-4-6-8/h7-8H,4-6H2,1-3H3. The van der Waals surface area contributed by atoms with Crippen molar-refractivity contribution in [2.75, 3.05) is 0 Å². The van der Waals surface area contributed by atoms with Crippen LogP contribution in [0.15, 0.2) is 0 Å². The maximum Gasteiger partial charge on any atom is 0.441 e. The van der Waals surface area contributed by atoms with E-state index in [1.807, 2.05) is 0 Å². The van der Waals surface area contributed by atoms with E-state index in [1.165, 1.54) is 0 Å². The highest BCUT2D eigenvalue weighted by molar-refractivity contribution is 5.78. The highest BCUT2D eigenvalue weighted by atomic mass is 16.7. The molecule has 0 aromatic heterocycles. The minimum Gasteiger partial charge on any atom is -0.444 e. The van der Waals surface area contributed by atoms with Crippen molar-refractivity contribution in [3.63, 3.8) is 0 Å². The first-order valence-electron chi connectivity index (χ1n) is 5.06. The van der Waals surface area contributed by atoms with Crippen molar-refractivity contribution in [2.45, 2.75) is 51.7 Å². The lowest BCUT2D eigenvalue weighted by Gasteiger charge is -2.29. The second kappa shape index (κ2) is 4.61. The minimum absolute atomic E-state index is 0.0523. The maximum atomic E-state index is 11.4. The molecule has 0 unspecified atom stereocenters. The van der Waals surface area contributed by atoms with E-state index in [2.05, 4.69) is 0 Å². The van der Waals surface area contributed by atoms with Crippen LogP contribution in [0, 0.1) is 0 Å². The van der Waals surface area contributed by atoms with Crippen LogP contribution < -0.4 is 0 Å². The summed E-state index contributed by atoms with van der Waals surface area (Å²) < 4.78 is 5.02. The second-order valence-electron chi connectivity index (χ2n) is 4.57. The average molecular weight is 215 g/mol. The largest absolute Gasteiger partial charge is 0.444 e. The van der Waals surface area contributed by atoms with Gasteiger partial charge in [-0.1, -0.05) is 0 Å². The minimum atomic E-state index is -0.732. The van der Waals surface area contributed by atoms with Crippen molar-refractivity contribution in [2.24, 2.45) is 0 Å². The number of amides is 2. The molecule has 5 heteroatoms. The van der Waals surface area contributed by atoms with Gasteiger partial charge in [-0.3, -0.25) is 9.63 Å². The van der Waals surface area contributed by atoms with Gasteiger partial charge < -0.3 is 4.74 Å². The Balaban J connectivity index is 2.42. The predicted molar refractivity (Wildman–Crippen MR) is 52.9 cm³/mol. The van der Waals surface area contributed by atoms with Crippen LogP contribution in [-0.2, 0) is 14.4 Å². The number of carbonyl (C=O) groups is 2. The summed E-state index contributed by atoms with van der Waals surface area (Å²) >= 11 is 0. The van der Waals surface area contributed by atoms with Crippen molar-refractivity contribution in [1.82, 2.24) is 5.06 Å². The normalized spacial score (nSPS) is 16.7. The molecule has 5 nitrogen and oxygen atoms in total. The number of hydroxylamine groups is 2. The zero-order chi connectivity index (χ0) is 11.5. The van der Waals surface area contributed by atoms with Gasteiger partial charge >= 0.3 is 6.09 Å². The summed E-state index contributed by atoms with van der Waals surface area (Å²) in [6.45, 7) is 5.25. The molecule has 0 aliphatic heterocycles. The Kier molecular flexibility index (Phi) is 3.68. The highest BCUT2D eigenvalue weighted by Crippen LogP contribution is 2.23. The first kappa shape index (κ1) is 12.0. The summed E-state index contributed by atoms with van der Waals surface area (Å²) in [6, 6.07) is 0. The molecule has 1 aliphatic rings. The molecule has 1 rings (SSSR count). The zero-order valence-electron chi connectivity index (χ0n) is 9.36. The molecule has 0 aromatic rings. The zero-order valence-corrected chi connectivity index (χ0v) is 9.36. The summed E-state index contributed by atoms with van der Waals surface area (Å²) in [7, 11) is 0. The smallest absolute Gasteiger partial charge is 0.441 e. The maximum absolute atomic E-state index is 11.4. The van der Waals surface area contributed by atoms with Crippen molar-refractivity contribution >= 4 is 12.5 Å². The molecule has 15 heavy (non-hydrogen) atoms. The van der Waals surface area contributed by atoms with Crippen LogP contribution in [0.3, 0.4) is 0 Å². The van der Waals surface area contributed by atoms with E-state index in [-0.39, 0.29) is 6.10 Å². The highest BCUT2D eigenvalue weighted by Gasteiger charge is 2.28. The third-order valence-corrected chi connectivity index (χ3v) is 1.97. The number of carbonyl (C=O) groups excluding carboxylic acids is 2. The number of ether oxygens (including phenoxy) is 1. The Morgan fingerprint density at radius 1 is 1.40 bits per heavy atom. The van der Waals surface area contributed by atoms with Gasteiger partial charge in [-0.25, -0.2) is 4.79 Å². The molecule has 0 bridgehead atoms. The van der Waals surface area contributed by atoms with Crippen LogP contribution >= 0.6 is 0 Å². The van der Waals surface area contributed by atoms with Crippen LogP contribution in [0.4, 0.5) is 4.79 Å². The fraction of sp³-hybridized carbons (Fsp3) is 0.800. The predicted octanol–water partition coefficient (Wildman–Crippen LogP) is 1.86. The van der Waals surface area contributed by atoms with Gasteiger partial charge in [0.05, 0.1) is 5.60 Å². The van der Waals surface area contributed by atoms with Crippen molar-refractivity contribution in [3.05, 3.63) is 0 Å². The molecule has 0 aromatic carbocycles. The Hall–Kier alpha value is -1.10.